The molecule has 3 aromatic heterocycles. The highest BCUT2D eigenvalue weighted by Gasteiger charge is 2.22. The Morgan fingerprint density at radius 1 is 1.26 bits per heavy atom. The molecule has 4 rings (SSSR count). The van der Waals surface area contributed by atoms with E-state index < -0.39 is 0 Å². The van der Waals surface area contributed by atoms with E-state index in [0.717, 1.165) is 21.5 Å². The van der Waals surface area contributed by atoms with E-state index in [-0.39, 0.29) is 24.6 Å². The minimum atomic E-state index is -0.262. The number of amides is 1. The van der Waals surface area contributed by atoms with Gasteiger partial charge in [0.15, 0.2) is 5.13 Å². The van der Waals surface area contributed by atoms with Gasteiger partial charge in [0.1, 0.15) is 12.3 Å². The van der Waals surface area contributed by atoms with Crippen LogP contribution in [0.1, 0.15) is 16.8 Å². The lowest BCUT2D eigenvalue weighted by molar-refractivity contribution is -0.119. The number of hydrogen-bond acceptors (Lipinski definition) is 7. The molecule has 1 aromatic carbocycles. The van der Waals surface area contributed by atoms with Gasteiger partial charge >= 0.3 is 0 Å². The van der Waals surface area contributed by atoms with Crippen LogP contribution in [-0.4, -0.2) is 32.5 Å². The Balaban J connectivity index is 1.71. The average molecular weight is 436 g/mol. The van der Waals surface area contributed by atoms with Crippen LogP contribution < -0.4 is 15.2 Å². The molecule has 0 aliphatic carbocycles. The lowest BCUT2D eigenvalue weighted by Crippen LogP contribution is -2.37. The van der Waals surface area contributed by atoms with Crippen molar-refractivity contribution in [1.29, 1.82) is 0 Å². The SMILES string of the molecule is COc1ccc2nc(N(Cc3cccnc3)C(=O)Cn3cnc(C)c(C)c3=O)sc2c1. The number of thiazole rings is 1. The number of benzene rings is 1. The lowest BCUT2D eigenvalue weighted by Gasteiger charge is -2.20. The summed E-state index contributed by atoms with van der Waals surface area (Å²) < 4.78 is 7.53. The number of rotatable bonds is 6. The zero-order valence-electron chi connectivity index (χ0n) is 17.4. The van der Waals surface area contributed by atoms with Crippen molar-refractivity contribution < 1.29 is 9.53 Å². The highest BCUT2D eigenvalue weighted by atomic mass is 32.1. The number of ether oxygens (including phenoxy) is 1. The summed E-state index contributed by atoms with van der Waals surface area (Å²) in [7, 11) is 1.61. The van der Waals surface area contributed by atoms with Gasteiger partial charge in [-0.1, -0.05) is 17.4 Å². The molecule has 4 aromatic rings. The smallest absolute Gasteiger partial charge is 0.256 e. The highest BCUT2D eigenvalue weighted by molar-refractivity contribution is 7.22. The van der Waals surface area contributed by atoms with Crippen LogP contribution in [0, 0.1) is 13.8 Å². The standard InChI is InChI=1S/C22H21N5O3S/c1-14-15(2)24-13-26(21(14)29)12-20(28)27(11-16-5-4-8-23-10-16)22-25-18-7-6-17(30-3)9-19(18)31-22/h4-10,13H,11-12H2,1-3H3. The second-order valence-electron chi connectivity index (χ2n) is 7.06. The molecule has 0 saturated carbocycles. The van der Waals surface area contributed by atoms with Gasteiger partial charge in [-0.3, -0.25) is 24.0 Å². The number of anilines is 1. The van der Waals surface area contributed by atoms with Gasteiger partial charge in [0.05, 0.1) is 30.2 Å². The van der Waals surface area contributed by atoms with Gasteiger partial charge < -0.3 is 4.74 Å². The van der Waals surface area contributed by atoms with Crippen LogP contribution in [0.25, 0.3) is 10.2 Å². The van der Waals surface area contributed by atoms with Crippen LogP contribution in [0.4, 0.5) is 5.13 Å². The summed E-state index contributed by atoms with van der Waals surface area (Å²) in [4.78, 5) is 40.5. The molecule has 1 amide bonds. The number of pyridine rings is 1. The normalized spacial score (nSPS) is 10.9. The zero-order valence-corrected chi connectivity index (χ0v) is 18.2. The van der Waals surface area contributed by atoms with E-state index >= 15 is 0 Å². The Morgan fingerprint density at radius 2 is 2.10 bits per heavy atom. The maximum atomic E-state index is 13.3. The topological polar surface area (TPSA) is 90.2 Å². The third-order valence-electron chi connectivity index (χ3n) is 5.00. The van der Waals surface area contributed by atoms with Gasteiger partial charge in [-0.2, -0.15) is 0 Å². The van der Waals surface area contributed by atoms with E-state index in [1.54, 1.807) is 38.3 Å². The van der Waals surface area contributed by atoms with Crippen LogP contribution >= 0.6 is 11.3 Å². The van der Waals surface area contributed by atoms with E-state index in [9.17, 15) is 9.59 Å². The van der Waals surface area contributed by atoms with E-state index in [1.807, 2.05) is 30.3 Å². The Kier molecular flexibility index (Phi) is 5.77. The summed E-state index contributed by atoms with van der Waals surface area (Å²) in [5.74, 6) is 0.461. The van der Waals surface area contributed by atoms with Crippen molar-refractivity contribution in [3.8, 4) is 5.75 Å². The van der Waals surface area contributed by atoms with Gasteiger partial charge in [-0.25, -0.2) is 9.97 Å². The van der Waals surface area contributed by atoms with E-state index in [4.69, 9.17) is 4.74 Å². The summed E-state index contributed by atoms with van der Waals surface area (Å²) >= 11 is 1.39. The predicted molar refractivity (Wildman–Crippen MR) is 120 cm³/mol. The van der Waals surface area contributed by atoms with Crippen molar-refractivity contribution in [2.75, 3.05) is 12.0 Å². The molecule has 0 unspecified atom stereocenters. The van der Waals surface area contributed by atoms with Gasteiger partial charge in [0.2, 0.25) is 5.91 Å². The first-order valence-electron chi connectivity index (χ1n) is 9.62. The average Bonchev–Trinajstić information content (AvgIpc) is 3.21. The Bertz CT molecular complexity index is 1300. The molecule has 0 aliphatic heterocycles. The van der Waals surface area contributed by atoms with E-state index in [1.165, 1.54) is 22.2 Å². The van der Waals surface area contributed by atoms with Crippen LogP contribution in [0.5, 0.6) is 5.75 Å². The van der Waals surface area contributed by atoms with Crippen molar-refractivity contribution in [2.45, 2.75) is 26.9 Å². The second kappa shape index (κ2) is 8.65. The molecular weight excluding hydrogens is 414 g/mol. The second-order valence-corrected chi connectivity index (χ2v) is 8.07. The molecule has 158 valence electrons. The fourth-order valence-corrected chi connectivity index (χ4v) is 4.10. The number of carbonyl (C=O) groups is 1. The van der Waals surface area contributed by atoms with Crippen LogP contribution in [0.15, 0.2) is 53.8 Å². The first kappa shape index (κ1) is 20.7. The molecule has 8 nitrogen and oxygen atoms in total. The predicted octanol–water partition coefficient (Wildman–Crippen LogP) is 3.11. The third-order valence-corrected chi connectivity index (χ3v) is 6.04. The fraction of sp³-hybridized carbons (Fsp3) is 0.227. The van der Waals surface area contributed by atoms with Crippen LogP contribution in [-0.2, 0) is 17.9 Å². The third kappa shape index (κ3) is 4.31. The minimum Gasteiger partial charge on any atom is -0.497 e. The molecule has 0 spiro atoms. The molecule has 0 saturated heterocycles. The largest absolute Gasteiger partial charge is 0.497 e. The van der Waals surface area contributed by atoms with Crippen molar-refractivity contribution in [1.82, 2.24) is 19.5 Å². The quantitative estimate of drug-likeness (QED) is 0.462. The molecule has 31 heavy (non-hydrogen) atoms. The van der Waals surface area contributed by atoms with Crippen molar-refractivity contribution in [3.05, 3.63) is 76.2 Å². The molecule has 0 radical (unpaired) electrons. The Morgan fingerprint density at radius 3 is 2.84 bits per heavy atom. The molecule has 0 bridgehead atoms. The summed E-state index contributed by atoms with van der Waals surface area (Å²) in [6.45, 7) is 3.64. The van der Waals surface area contributed by atoms with Crippen LogP contribution in [0.3, 0.4) is 0 Å². The Hall–Kier alpha value is -3.59. The first-order valence-corrected chi connectivity index (χ1v) is 10.4. The fourth-order valence-electron chi connectivity index (χ4n) is 3.09. The lowest BCUT2D eigenvalue weighted by atomic mass is 10.2. The zero-order chi connectivity index (χ0) is 22.0. The molecule has 3 heterocycles. The number of fused-ring (bicyclic) bond motifs is 1. The maximum absolute atomic E-state index is 13.3. The van der Waals surface area contributed by atoms with Gasteiger partial charge in [0, 0.05) is 23.7 Å². The van der Waals surface area contributed by atoms with Crippen LogP contribution in [0.2, 0.25) is 0 Å². The van der Waals surface area contributed by atoms with E-state index in [0.29, 0.717) is 16.4 Å². The highest BCUT2D eigenvalue weighted by Crippen LogP contribution is 2.32. The first-order chi connectivity index (χ1) is 15.0. The van der Waals surface area contributed by atoms with E-state index in [2.05, 4.69) is 15.0 Å². The monoisotopic (exact) mass is 435 g/mol. The molecule has 0 aliphatic rings. The summed E-state index contributed by atoms with van der Waals surface area (Å²) in [5, 5.41) is 0.543. The summed E-state index contributed by atoms with van der Waals surface area (Å²) in [5.41, 5.74) is 2.59. The van der Waals surface area contributed by atoms with Crippen molar-refractivity contribution in [3.63, 3.8) is 0 Å². The number of hydrogen-bond donors (Lipinski definition) is 0. The summed E-state index contributed by atoms with van der Waals surface area (Å²) in [6.07, 6.45) is 4.80. The number of carbonyl (C=O) groups excluding carboxylic acids is 1. The number of nitrogens with zero attached hydrogens (tertiary/aromatic N) is 5. The number of aromatic nitrogens is 4. The molecule has 0 fully saturated rings. The number of aryl methyl sites for hydroxylation is 1. The Labute approximate surface area is 182 Å². The van der Waals surface area contributed by atoms with Gasteiger partial charge in [0.25, 0.3) is 5.56 Å². The van der Waals surface area contributed by atoms with Gasteiger partial charge in [-0.15, -0.1) is 0 Å². The molecule has 9 heteroatoms. The van der Waals surface area contributed by atoms with Crippen molar-refractivity contribution in [2.24, 2.45) is 0 Å². The van der Waals surface area contributed by atoms with Crippen molar-refractivity contribution >= 4 is 32.6 Å². The molecular formula is C22H21N5O3S. The van der Waals surface area contributed by atoms with Gasteiger partial charge in [-0.05, 0) is 43.7 Å². The molecule has 0 N–H and O–H groups in total. The summed E-state index contributed by atoms with van der Waals surface area (Å²) in [6, 6.07) is 9.30. The molecule has 0 atom stereocenters. The maximum Gasteiger partial charge on any atom is 0.256 e. The number of methoxy groups -OCH3 is 1. The minimum absolute atomic E-state index is 0.132.